The number of rotatable bonds is 4. The molecule has 6 nitrogen and oxygen atoms in total. The Morgan fingerprint density at radius 3 is 2.84 bits per heavy atom. The summed E-state index contributed by atoms with van der Waals surface area (Å²) in [5.74, 6) is -0.229. The lowest BCUT2D eigenvalue weighted by Crippen LogP contribution is -2.50. The maximum Gasteiger partial charge on any atom is 0.239 e. The number of hydrogen-bond donors (Lipinski definition) is 3. The van der Waals surface area contributed by atoms with E-state index in [0.717, 1.165) is 5.56 Å². The van der Waals surface area contributed by atoms with Gasteiger partial charge in [0.05, 0.1) is 12.6 Å². The summed E-state index contributed by atoms with van der Waals surface area (Å²) in [6.07, 6.45) is 0.702. The van der Waals surface area contributed by atoms with Gasteiger partial charge in [0.15, 0.2) is 6.23 Å². The van der Waals surface area contributed by atoms with Crippen molar-refractivity contribution in [3.05, 3.63) is 35.9 Å². The van der Waals surface area contributed by atoms with Crippen LogP contribution in [0.4, 0.5) is 0 Å². The number of nitrogens with one attached hydrogen (secondary N) is 2. The third-order valence-electron chi connectivity index (χ3n) is 2.67. The van der Waals surface area contributed by atoms with Crippen molar-refractivity contribution in [3.8, 4) is 0 Å². The fourth-order valence-electron chi connectivity index (χ4n) is 1.69. The molecule has 1 fully saturated rings. The molecule has 0 aromatic heterocycles. The van der Waals surface area contributed by atoms with Gasteiger partial charge in [0, 0.05) is 6.42 Å². The second-order valence-electron chi connectivity index (χ2n) is 4.13. The summed E-state index contributed by atoms with van der Waals surface area (Å²) in [6.45, 7) is 0.485. The van der Waals surface area contributed by atoms with E-state index in [1.165, 1.54) is 0 Å². The Bertz CT molecular complexity index is 385. The molecule has 1 aliphatic heterocycles. The average Bonchev–Trinajstić information content (AvgIpc) is 2.41. The first kappa shape index (κ1) is 15.9. The van der Waals surface area contributed by atoms with Gasteiger partial charge in [0.1, 0.15) is 0 Å². The van der Waals surface area contributed by atoms with Gasteiger partial charge in [0.2, 0.25) is 5.91 Å². The molecule has 0 bridgehead atoms. The molecule has 1 aliphatic rings. The van der Waals surface area contributed by atoms with E-state index >= 15 is 0 Å². The molecule has 1 amide bonds. The molecule has 1 heterocycles. The Hall–Kier alpha value is -1.18. The number of carbonyl (C=O) groups is 1. The van der Waals surface area contributed by atoms with Crippen LogP contribution in [0.3, 0.4) is 0 Å². The van der Waals surface area contributed by atoms with Crippen LogP contribution in [0, 0.1) is 0 Å². The average molecular weight is 288 g/mol. The Kier molecular flexibility index (Phi) is 6.75. The van der Waals surface area contributed by atoms with E-state index in [9.17, 15) is 4.79 Å². The van der Waals surface area contributed by atoms with Crippen LogP contribution in [0.1, 0.15) is 12.0 Å². The topological polar surface area (TPSA) is 85.6 Å². The second kappa shape index (κ2) is 8.08. The summed E-state index contributed by atoms with van der Waals surface area (Å²) in [7, 11) is 0. The number of benzene rings is 1. The van der Waals surface area contributed by atoms with E-state index in [1.54, 1.807) is 0 Å². The number of halogens is 1. The fourth-order valence-corrected chi connectivity index (χ4v) is 1.69. The van der Waals surface area contributed by atoms with Gasteiger partial charge >= 0.3 is 0 Å². The summed E-state index contributed by atoms with van der Waals surface area (Å²) in [5, 5.41) is 2.71. The molecular formula is C12H18ClN3O3. The molecule has 1 saturated heterocycles. The van der Waals surface area contributed by atoms with E-state index in [4.69, 9.17) is 15.4 Å². The van der Waals surface area contributed by atoms with Gasteiger partial charge in [-0.05, 0) is 12.0 Å². The maximum absolute atomic E-state index is 11.8. The van der Waals surface area contributed by atoms with E-state index < -0.39 is 12.3 Å². The van der Waals surface area contributed by atoms with Crippen LogP contribution >= 0.6 is 12.4 Å². The highest BCUT2D eigenvalue weighted by Crippen LogP contribution is 2.03. The van der Waals surface area contributed by atoms with Crippen LogP contribution in [0.5, 0.6) is 0 Å². The van der Waals surface area contributed by atoms with E-state index in [0.29, 0.717) is 19.4 Å². The Balaban J connectivity index is 0.00000180. The van der Waals surface area contributed by atoms with Gasteiger partial charge in [-0.25, -0.2) is 0 Å². The third-order valence-corrected chi connectivity index (χ3v) is 2.67. The normalized spacial score (nSPS) is 20.2. The van der Waals surface area contributed by atoms with Crippen LogP contribution in [0.25, 0.3) is 0 Å². The zero-order valence-electron chi connectivity index (χ0n) is 10.4. The van der Waals surface area contributed by atoms with Crippen molar-refractivity contribution in [2.24, 2.45) is 5.73 Å². The van der Waals surface area contributed by atoms with Gasteiger partial charge < -0.3 is 11.1 Å². The number of amides is 1. The van der Waals surface area contributed by atoms with Gasteiger partial charge in [-0.3, -0.25) is 14.5 Å². The van der Waals surface area contributed by atoms with Crippen LogP contribution < -0.4 is 16.7 Å². The van der Waals surface area contributed by atoms with Crippen LogP contribution in [-0.4, -0.2) is 24.8 Å². The highest BCUT2D eigenvalue weighted by molar-refractivity contribution is 5.85. The van der Waals surface area contributed by atoms with Gasteiger partial charge in [-0.2, -0.15) is 0 Å². The molecule has 106 valence electrons. The van der Waals surface area contributed by atoms with Gasteiger partial charge in [-0.15, -0.1) is 12.4 Å². The molecular weight excluding hydrogens is 270 g/mol. The van der Waals surface area contributed by atoms with Gasteiger partial charge in [0.25, 0.3) is 0 Å². The predicted octanol–water partition coefficient (Wildman–Crippen LogP) is 0.277. The molecule has 7 heteroatoms. The molecule has 0 aliphatic carbocycles. The van der Waals surface area contributed by atoms with Crippen molar-refractivity contribution in [2.45, 2.75) is 25.1 Å². The molecule has 0 radical (unpaired) electrons. The van der Waals surface area contributed by atoms with Crippen molar-refractivity contribution >= 4 is 18.3 Å². The SMILES string of the molecule is Cl.N[C@@H](Cc1ccccc1)C(=O)NC1CCONO1. The minimum atomic E-state index is -0.584. The largest absolute Gasteiger partial charge is 0.328 e. The molecule has 1 unspecified atom stereocenters. The molecule has 19 heavy (non-hydrogen) atoms. The zero-order chi connectivity index (χ0) is 12.8. The lowest BCUT2D eigenvalue weighted by Gasteiger charge is -2.24. The summed E-state index contributed by atoms with van der Waals surface area (Å²) in [4.78, 5) is 21.6. The van der Waals surface area contributed by atoms with Crippen LogP contribution in [0.15, 0.2) is 30.3 Å². The maximum atomic E-state index is 11.8. The molecule has 0 saturated carbocycles. The van der Waals surface area contributed by atoms with Crippen molar-refractivity contribution in [1.29, 1.82) is 0 Å². The first-order valence-corrected chi connectivity index (χ1v) is 5.88. The molecule has 1 aromatic carbocycles. The van der Waals surface area contributed by atoms with E-state index in [1.807, 2.05) is 30.3 Å². The summed E-state index contributed by atoms with van der Waals surface area (Å²) < 4.78 is 0. The Morgan fingerprint density at radius 1 is 1.47 bits per heavy atom. The predicted molar refractivity (Wildman–Crippen MR) is 72.1 cm³/mol. The van der Waals surface area contributed by atoms with Gasteiger partial charge in [-0.1, -0.05) is 36.0 Å². The Labute approximate surface area is 118 Å². The summed E-state index contributed by atoms with van der Waals surface area (Å²) >= 11 is 0. The number of carbonyl (C=O) groups excluding carboxylic acids is 1. The van der Waals surface area contributed by atoms with Crippen LogP contribution in [0.2, 0.25) is 0 Å². The molecule has 1 aromatic rings. The summed E-state index contributed by atoms with van der Waals surface area (Å²) in [6, 6.07) is 9.08. The number of nitrogens with two attached hydrogens (primary N) is 1. The summed E-state index contributed by atoms with van der Waals surface area (Å²) in [5.41, 5.74) is 9.15. The molecule has 2 rings (SSSR count). The van der Waals surface area contributed by atoms with Crippen molar-refractivity contribution < 1.29 is 14.5 Å². The van der Waals surface area contributed by atoms with Crippen molar-refractivity contribution in [1.82, 2.24) is 11.0 Å². The zero-order valence-corrected chi connectivity index (χ0v) is 11.2. The smallest absolute Gasteiger partial charge is 0.239 e. The Morgan fingerprint density at radius 2 is 2.21 bits per heavy atom. The third kappa shape index (κ3) is 5.14. The highest BCUT2D eigenvalue weighted by atomic mass is 35.5. The lowest BCUT2D eigenvalue weighted by molar-refractivity contribution is -0.245. The molecule has 4 N–H and O–H groups in total. The minimum Gasteiger partial charge on any atom is -0.328 e. The second-order valence-corrected chi connectivity index (χ2v) is 4.13. The molecule has 2 atom stereocenters. The highest BCUT2D eigenvalue weighted by Gasteiger charge is 2.21. The first-order chi connectivity index (χ1) is 8.75. The van der Waals surface area contributed by atoms with E-state index in [-0.39, 0.29) is 18.3 Å². The van der Waals surface area contributed by atoms with Crippen LogP contribution in [-0.2, 0) is 20.9 Å². The monoisotopic (exact) mass is 287 g/mol. The standard InChI is InChI=1S/C12H17N3O3.ClH/c13-10(8-9-4-2-1-3-5-9)12(16)14-11-6-7-17-15-18-11;/h1-5,10-11,15H,6-8,13H2,(H,14,16);1H/t10-,11?;/m0./s1. The van der Waals surface area contributed by atoms with Crippen molar-refractivity contribution in [3.63, 3.8) is 0 Å². The fraction of sp³-hybridized carbons (Fsp3) is 0.417. The first-order valence-electron chi connectivity index (χ1n) is 5.88. The minimum absolute atomic E-state index is 0. The lowest BCUT2D eigenvalue weighted by atomic mass is 10.1. The van der Waals surface area contributed by atoms with E-state index in [2.05, 4.69) is 11.0 Å². The number of hydrogen-bond acceptors (Lipinski definition) is 5. The quantitative estimate of drug-likeness (QED) is 0.740. The van der Waals surface area contributed by atoms with Crippen molar-refractivity contribution in [2.75, 3.05) is 6.61 Å². The molecule has 0 spiro atoms.